The third kappa shape index (κ3) is 4.04. The van der Waals surface area contributed by atoms with Gasteiger partial charge in [-0.15, -0.1) is 5.10 Å². The first kappa shape index (κ1) is 15.4. The topological polar surface area (TPSA) is 53.8 Å². The highest BCUT2D eigenvalue weighted by atomic mass is 32.2. The Hall–Kier alpha value is -2.47. The molecule has 0 bridgehead atoms. The Bertz CT molecular complexity index is 747. The average molecular weight is 327 g/mol. The summed E-state index contributed by atoms with van der Waals surface area (Å²) in [7, 11) is 0. The van der Waals surface area contributed by atoms with Crippen molar-refractivity contribution in [1.82, 2.24) is 0 Å². The van der Waals surface area contributed by atoms with Crippen LogP contribution < -0.4 is 5.32 Å². The number of carbonyl (C=O) groups excluding carboxylic acids is 1. The zero-order chi connectivity index (χ0) is 16.1. The lowest BCUT2D eigenvalue weighted by molar-refractivity contribution is -0.118. The summed E-state index contributed by atoms with van der Waals surface area (Å²) in [6.45, 7) is 0. The maximum Gasteiger partial charge on any atom is 0.269 e. The quantitative estimate of drug-likeness (QED) is 0.927. The molecule has 4 nitrogen and oxygen atoms in total. The number of hydrogen-bond donors (Lipinski definition) is 1. The minimum Gasteiger partial charge on any atom is -0.323 e. The van der Waals surface area contributed by atoms with Gasteiger partial charge in [-0.3, -0.25) is 4.79 Å². The van der Waals surface area contributed by atoms with Gasteiger partial charge in [0.1, 0.15) is 5.04 Å². The summed E-state index contributed by atoms with van der Waals surface area (Å²) in [4.78, 5) is 11.9. The van der Waals surface area contributed by atoms with Crippen molar-refractivity contribution < 1.29 is 9.18 Å². The van der Waals surface area contributed by atoms with Gasteiger partial charge in [0.15, 0.2) is 0 Å². The van der Waals surface area contributed by atoms with Crippen molar-refractivity contribution in [3.63, 3.8) is 0 Å². The van der Waals surface area contributed by atoms with E-state index in [2.05, 4.69) is 15.5 Å². The Labute approximate surface area is 137 Å². The molecule has 1 atom stereocenters. The Morgan fingerprint density at radius 3 is 2.39 bits per heavy atom. The zero-order valence-electron chi connectivity index (χ0n) is 12.1. The number of amides is 1. The summed E-state index contributed by atoms with van der Waals surface area (Å²) in [5.74, 6) is -0.697. The van der Waals surface area contributed by atoms with Crippen LogP contribution in [0.25, 0.3) is 0 Å². The number of benzene rings is 2. The number of para-hydroxylation sites is 1. The highest BCUT2D eigenvalue weighted by molar-refractivity contribution is 8.15. The molecule has 0 spiro atoms. The fourth-order valence-electron chi connectivity index (χ4n) is 2.08. The maximum atomic E-state index is 14.1. The smallest absolute Gasteiger partial charge is 0.269 e. The van der Waals surface area contributed by atoms with Gasteiger partial charge >= 0.3 is 0 Å². The molecule has 0 aromatic heterocycles. The van der Waals surface area contributed by atoms with Gasteiger partial charge in [0, 0.05) is 12.1 Å². The lowest BCUT2D eigenvalue weighted by Gasteiger charge is -2.09. The van der Waals surface area contributed by atoms with Crippen LogP contribution in [0.15, 0.2) is 70.9 Å². The fourth-order valence-corrected chi connectivity index (χ4v) is 2.79. The molecule has 3 rings (SSSR count). The summed E-state index contributed by atoms with van der Waals surface area (Å²) in [6, 6.07) is 18.4. The Kier molecular flexibility index (Phi) is 4.83. The molecule has 1 aliphatic rings. The number of anilines is 1. The first-order chi connectivity index (χ1) is 11.2. The van der Waals surface area contributed by atoms with Gasteiger partial charge in [0.05, 0.1) is 5.71 Å². The second-order valence-corrected chi connectivity index (χ2v) is 5.99. The second-order valence-electron chi connectivity index (χ2n) is 4.87. The van der Waals surface area contributed by atoms with Gasteiger partial charge in [0.2, 0.25) is 5.50 Å². The largest absolute Gasteiger partial charge is 0.323 e. The van der Waals surface area contributed by atoms with E-state index < -0.39 is 11.4 Å². The molecule has 2 aromatic carbocycles. The number of hydrogen-bond acceptors (Lipinski definition) is 4. The van der Waals surface area contributed by atoms with Crippen LogP contribution in [0.1, 0.15) is 12.0 Å². The van der Waals surface area contributed by atoms with E-state index in [9.17, 15) is 9.18 Å². The van der Waals surface area contributed by atoms with Crippen LogP contribution in [-0.2, 0) is 4.79 Å². The molecule has 1 heterocycles. The highest BCUT2D eigenvalue weighted by Gasteiger charge is 2.24. The number of thioether (sulfide) groups is 1. The second kappa shape index (κ2) is 7.19. The molecule has 0 saturated heterocycles. The first-order valence-electron chi connectivity index (χ1n) is 7.08. The Morgan fingerprint density at radius 1 is 1.04 bits per heavy atom. The van der Waals surface area contributed by atoms with Crippen LogP contribution in [0.4, 0.5) is 10.1 Å². The SMILES string of the molecule is O=C(Nc1ccccc1)C(F)SC1=NN=C(c2ccccc2)C1. The maximum absolute atomic E-state index is 14.1. The number of carbonyl (C=O) groups is 1. The molecule has 1 aliphatic heterocycles. The summed E-state index contributed by atoms with van der Waals surface area (Å²) in [5.41, 5.74) is 0.578. The minimum atomic E-state index is -1.72. The summed E-state index contributed by atoms with van der Waals surface area (Å²) >= 11 is 0.790. The van der Waals surface area contributed by atoms with E-state index in [1.165, 1.54) is 0 Å². The number of alkyl halides is 1. The van der Waals surface area contributed by atoms with Crippen LogP contribution in [0.2, 0.25) is 0 Å². The van der Waals surface area contributed by atoms with E-state index in [1.807, 2.05) is 36.4 Å². The molecule has 116 valence electrons. The zero-order valence-corrected chi connectivity index (χ0v) is 13.0. The number of halogens is 1. The van der Waals surface area contributed by atoms with Crippen molar-refractivity contribution in [3.05, 3.63) is 66.2 Å². The number of nitrogens with zero attached hydrogens (tertiary/aromatic N) is 2. The monoisotopic (exact) mass is 327 g/mol. The van der Waals surface area contributed by atoms with Gasteiger partial charge in [-0.25, -0.2) is 4.39 Å². The fraction of sp³-hybridized carbons (Fsp3) is 0.118. The van der Waals surface area contributed by atoms with Crippen LogP contribution in [0, 0.1) is 0 Å². The van der Waals surface area contributed by atoms with E-state index in [4.69, 9.17) is 0 Å². The predicted molar refractivity (Wildman–Crippen MR) is 92.6 cm³/mol. The number of nitrogens with one attached hydrogen (secondary N) is 1. The molecule has 0 radical (unpaired) electrons. The molecule has 1 unspecified atom stereocenters. The normalized spacial score (nSPS) is 14.8. The summed E-state index contributed by atoms with van der Waals surface area (Å²) in [5, 5.41) is 11.1. The van der Waals surface area contributed by atoms with Crippen molar-refractivity contribution in [3.8, 4) is 0 Å². The molecule has 23 heavy (non-hydrogen) atoms. The highest BCUT2D eigenvalue weighted by Crippen LogP contribution is 2.24. The van der Waals surface area contributed by atoms with Crippen molar-refractivity contribution in [2.75, 3.05) is 5.32 Å². The van der Waals surface area contributed by atoms with E-state index in [0.29, 0.717) is 17.2 Å². The van der Waals surface area contributed by atoms with Crippen LogP contribution in [0.5, 0.6) is 0 Å². The van der Waals surface area contributed by atoms with Gasteiger partial charge in [0.25, 0.3) is 5.91 Å². The lowest BCUT2D eigenvalue weighted by atomic mass is 10.1. The van der Waals surface area contributed by atoms with Gasteiger partial charge in [-0.1, -0.05) is 60.3 Å². The van der Waals surface area contributed by atoms with E-state index >= 15 is 0 Å². The summed E-state index contributed by atoms with van der Waals surface area (Å²) < 4.78 is 14.1. The molecular formula is C17H14FN3OS. The molecule has 0 saturated carbocycles. The van der Waals surface area contributed by atoms with Crippen LogP contribution in [0.3, 0.4) is 0 Å². The van der Waals surface area contributed by atoms with Gasteiger partial charge < -0.3 is 5.32 Å². The Balaban J connectivity index is 1.53. The third-order valence-corrected chi connectivity index (χ3v) is 4.11. The predicted octanol–water partition coefficient (Wildman–Crippen LogP) is 3.86. The van der Waals surface area contributed by atoms with E-state index in [0.717, 1.165) is 23.0 Å². The van der Waals surface area contributed by atoms with Crippen molar-refractivity contribution >= 4 is 34.1 Å². The first-order valence-corrected chi connectivity index (χ1v) is 7.96. The standard InChI is InChI=1S/C17H14FN3OS/c18-16(17(22)19-13-9-5-2-6-10-13)23-15-11-14(20-21-15)12-7-3-1-4-8-12/h1-10,16H,11H2,(H,19,22). The van der Waals surface area contributed by atoms with Gasteiger partial charge in [-0.05, 0) is 17.7 Å². The van der Waals surface area contributed by atoms with Crippen molar-refractivity contribution in [2.45, 2.75) is 11.9 Å². The molecule has 2 aromatic rings. The lowest BCUT2D eigenvalue weighted by Crippen LogP contribution is -2.22. The minimum absolute atomic E-state index is 0.438. The third-order valence-electron chi connectivity index (χ3n) is 3.19. The molecular weight excluding hydrogens is 313 g/mol. The van der Waals surface area contributed by atoms with Crippen molar-refractivity contribution in [2.24, 2.45) is 10.2 Å². The molecule has 6 heteroatoms. The van der Waals surface area contributed by atoms with Gasteiger partial charge in [-0.2, -0.15) is 5.10 Å². The van der Waals surface area contributed by atoms with Crippen LogP contribution >= 0.6 is 11.8 Å². The summed E-state index contributed by atoms with van der Waals surface area (Å²) in [6.07, 6.45) is 0.438. The molecule has 1 amide bonds. The average Bonchev–Trinajstić information content (AvgIpc) is 3.05. The molecule has 1 N–H and O–H groups in total. The van der Waals surface area contributed by atoms with E-state index in [-0.39, 0.29) is 0 Å². The molecule has 0 fully saturated rings. The van der Waals surface area contributed by atoms with E-state index in [1.54, 1.807) is 24.3 Å². The van der Waals surface area contributed by atoms with Crippen molar-refractivity contribution in [1.29, 1.82) is 0 Å². The van der Waals surface area contributed by atoms with Crippen LogP contribution in [-0.4, -0.2) is 22.2 Å². The Morgan fingerprint density at radius 2 is 1.70 bits per heavy atom. The molecule has 0 aliphatic carbocycles. The number of rotatable bonds is 4.